The third kappa shape index (κ3) is 5.17. The Labute approximate surface area is 223 Å². The van der Waals surface area contributed by atoms with E-state index >= 15 is 0 Å². The Bertz CT molecular complexity index is 1350. The molecule has 0 radical (unpaired) electrons. The molecule has 0 bridgehead atoms. The molecule has 1 saturated heterocycles. The molecule has 1 fully saturated rings. The van der Waals surface area contributed by atoms with Crippen LogP contribution >= 0.6 is 0 Å². The highest BCUT2D eigenvalue weighted by atomic mass is 16.5. The molecule has 3 aromatic rings. The van der Waals surface area contributed by atoms with Gasteiger partial charge in [0.1, 0.15) is 23.4 Å². The second-order valence-corrected chi connectivity index (χ2v) is 9.99. The first-order chi connectivity index (χ1) is 18.5. The molecule has 0 aliphatic carbocycles. The second-order valence-electron chi connectivity index (χ2n) is 9.99. The van der Waals surface area contributed by atoms with Gasteiger partial charge in [-0.1, -0.05) is 62.2 Å². The smallest absolute Gasteiger partial charge is 0.295 e. The Balaban J connectivity index is 1.52. The van der Waals surface area contributed by atoms with Crippen molar-refractivity contribution in [3.05, 3.63) is 101 Å². The maximum atomic E-state index is 13.4. The number of Topliss-reactive ketones (excluding diaryl/α,β-unsaturated/α-hetero) is 1. The largest absolute Gasteiger partial charge is 0.507 e. The van der Waals surface area contributed by atoms with E-state index in [0.29, 0.717) is 12.2 Å². The van der Waals surface area contributed by atoms with Gasteiger partial charge in [0.25, 0.3) is 11.7 Å². The molecule has 2 unspecified atom stereocenters. The average molecular weight is 512 g/mol. The van der Waals surface area contributed by atoms with Gasteiger partial charge in [0, 0.05) is 18.5 Å². The molecule has 5 rings (SSSR count). The SMILES string of the molecule is CCCCCOc1ccc(C2/C(=C(/O)c3ccc4c(c3)CC(C)O4)C(=O)C(=O)N2Cc2ccccc2)cc1. The molecule has 6 heteroatoms. The van der Waals surface area contributed by atoms with Crippen LogP contribution in [0, 0.1) is 0 Å². The third-order valence-electron chi connectivity index (χ3n) is 7.12. The summed E-state index contributed by atoms with van der Waals surface area (Å²) in [5.41, 5.74) is 3.20. The number of hydrogen-bond donors (Lipinski definition) is 1. The number of hydrogen-bond acceptors (Lipinski definition) is 5. The van der Waals surface area contributed by atoms with Crippen molar-refractivity contribution in [3.8, 4) is 11.5 Å². The summed E-state index contributed by atoms with van der Waals surface area (Å²) >= 11 is 0. The van der Waals surface area contributed by atoms with Gasteiger partial charge in [-0.25, -0.2) is 0 Å². The van der Waals surface area contributed by atoms with Crippen LogP contribution in [0.5, 0.6) is 11.5 Å². The van der Waals surface area contributed by atoms with E-state index in [9.17, 15) is 14.7 Å². The number of carbonyl (C=O) groups excluding carboxylic acids is 2. The van der Waals surface area contributed by atoms with Crippen LogP contribution in [0.2, 0.25) is 0 Å². The van der Waals surface area contributed by atoms with Crippen molar-refractivity contribution in [1.82, 2.24) is 4.90 Å². The standard InChI is InChI=1S/C32H33NO5/c1-3-4-8-17-37-26-14-11-23(12-15-26)29-28(30(34)24-13-16-27-25(19-24)18-21(2)38-27)31(35)32(36)33(29)20-22-9-6-5-7-10-22/h5-7,9-16,19,21,29,34H,3-4,8,17-18,20H2,1-2H3/b30-28-. The Morgan fingerprint density at radius 3 is 2.53 bits per heavy atom. The van der Waals surface area contributed by atoms with Crippen LogP contribution in [0.4, 0.5) is 0 Å². The topological polar surface area (TPSA) is 76.1 Å². The van der Waals surface area contributed by atoms with Crippen molar-refractivity contribution in [2.24, 2.45) is 0 Å². The number of rotatable bonds is 9. The van der Waals surface area contributed by atoms with Gasteiger partial charge in [-0.05, 0) is 60.4 Å². The predicted octanol–water partition coefficient (Wildman–Crippen LogP) is 6.20. The number of nitrogens with zero attached hydrogens (tertiary/aromatic N) is 1. The van der Waals surface area contributed by atoms with Gasteiger partial charge in [0.15, 0.2) is 0 Å². The molecule has 1 N–H and O–H groups in total. The molecule has 2 aliphatic heterocycles. The van der Waals surface area contributed by atoms with Gasteiger partial charge in [-0.2, -0.15) is 0 Å². The fourth-order valence-corrected chi connectivity index (χ4v) is 5.18. The normalized spacial score (nSPS) is 19.9. The van der Waals surface area contributed by atoms with Crippen LogP contribution in [0.3, 0.4) is 0 Å². The van der Waals surface area contributed by atoms with E-state index in [1.54, 1.807) is 11.0 Å². The van der Waals surface area contributed by atoms with E-state index in [2.05, 4.69) is 6.92 Å². The number of ether oxygens (including phenoxy) is 2. The number of fused-ring (bicyclic) bond motifs is 1. The molecular weight excluding hydrogens is 478 g/mol. The Kier molecular flexibility index (Phi) is 7.50. The van der Waals surface area contributed by atoms with Gasteiger partial charge >= 0.3 is 0 Å². The summed E-state index contributed by atoms with van der Waals surface area (Å²) in [6, 6.07) is 21.7. The number of ketones is 1. The first-order valence-corrected chi connectivity index (χ1v) is 13.3. The van der Waals surface area contributed by atoms with E-state index in [1.807, 2.05) is 73.7 Å². The predicted molar refractivity (Wildman–Crippen MR) is 146 cm³/mol. The van der Waals surface area contributed by atoms with Gasteiger partial charge in [0.2, 0.25) is 0 Å². The molecule has 6 nitrogen and oxygen atoms in total. The molecule has 0 spiro atoms. The number of unbranched alkanes of at least 4 members (excludes halogenated alkanes) is 2. The van der Waals surface area contributed by atoms with Crippen molar-refractivity contribution in [2.75, 3.05) is 6.61 Å². The van der Waals surface area contributed by atoms with Crippen LogP contribution in [0.1, 0.15) is 61.4 Å². The zero-order chi connectivity index (χ0) is 26.6. The number of aliphatic hydroxyl groups is 1. The van der Waals surface area contributed by atoms with Crippen molar-refractivity contribution < 1.29 is 24.2 Å². The lowest BCUT2D eigenvalue weighted by molar-refractivity contribution is -0.140. The minimum absolute atomic E-state index is 0.0570. The number of likely N-dealkylation sites (tertiary alicyclic amines) is 1. The summed E-state index contributed by atoms with van der Waals surface area (Å²) in [6.07, 6.45) is 4.00. The van der Waals surface area contributed by atoms with Crippen LogP contribution < -0.4 is 9.47 Å². The molecule has 1 amide bonds. The number of carbonyl (C=O) groups is 2. The minimum Gasteiger partial charge on any atom is -0.507 e. The fraction of sp³-hybridized carbons (Fsp3) is 0.312. The Morgan fingerprint density at radius 2 is 1.79 bits per heavy atom. The summed E-state index contributed by atoms with van der Waals surface area (Å²) in [4.78, 5) is 28.3. The van der Waals surface area contributed by atoms with E-state index in [0.717, 1.165) is 53.9 Å². The van der Waals surface area contributed by atoms with E-state index in [1.165, 1.54) is 0 Å². The summed E-state index contributed by atoms with van der Waals surface area (Å²) < 4.78 is 11.7. The first kappa shape index (κ1) is 25.6. The van der Waals surface area contributed by atoms with Crippen molar-refractivity contribution in [2.45, 2.75) is 58.2 Å². The number of aliphatic hydroxyl groups excluding tert-OH is 1. The zero-order valence-corrected chi connectivity index (χ0v) is 21.9. The van der Waals surface area contributed by atoms with Gasteiger partial charge < -0.3 is 19.5 Å². The molecule has 2 aliphatic rings. The number of amides is 1. The Morgan fingerprint density at radius 1 is 1.03 bits per heavy atom. The molecule has 0 aromatic heterocycles. The summed E-state index contributed by atoms with van der Waals surface area (Å²) in [5, 5.41) is 11.5. The van der Waals surface area contributed by atoms with Crippen LogP contribution in [0.15, 0.2) is 78.4 Å². The highest BCUT2D eigenvalue weighted by Gasteiger charge is 2.46. The van der Waals surface area contributed by atoms with Crippen LogP contribution in [0.25, 0.3) is 5.76 Å². The zero-order valence-electron chi connectivity index (χ0n) is 21.9. The minimum atomic E-state index is -0.729. The monoisotopic (exact) mass is 511 g/mol. The van der Waals surface area contributed by atoms with E-state index < -0.39 is 17.7 Å². The van der Waals surface area contributed by atoms with E-state index in [4.69, 9.17) is 9.47 Å². The lowest BCUT2D eigenvalue weighted by Crippen LogP contribution is -2.29. The quantitative estimate of drug-likeness (QED) is 0.160. The van der Waals surface area contributed by atoms with Crippen LogP contribution in [-0.2, 0) is 22.6 Å². The van der Waals surface area contributed by atoms with Crippen molar-refractivity contribution in [1.29, 1.82) is 0 Å². The maximum absolute atomic E-state index is 13.4. The molecule has 2 heterocycles. The van der Waals surface area contributed by atoms with Gasteiger partial charge in [-0.3, -0.25) is 9.59 Å². The van der Waals surface area contributed by atoms with Crippen molar-refractivity contribution >= 4 is 17.4 Å². The number of benzene rings is 3. The molecule has 38 heavy (non-hydrogen) atoms. The maximum Gasteiger partial charge on any atom is 0.295 e. The molecule has 0 saturated carbocycles. The highest BCUT2D eigenvalue weighted by Crippen LogP contribution is 2.41. The summed E-state index contributed by atoms with van der Waals surface area (Å²) in [5.74, 6) is 0.0280. The lowest BCUT2D eigenvalue weighted by Gasteiger charge is -2.25. The van der Waals surface area contributed by atoms with Crippen molar-refractivity contribution in [3.63, 3.8) is 0 Å². The van der Waals surface area contributed by atoms with E-state index in [-0.39, 0.29) is 24.0 Å². The Hall–Kier alpha value is -4.06. The average Bonchev–Trinajstić information content (AvgIpc) is 3.43. The third-order valence-corrected chi connectivity index (χ3v) is 7.12. The first-order valence-electron chi connectivity index (χ1n) is 13.3. The van der Waals surface area contributed by atoms with Gasteiger partial charge in [-0.15, -0.1) is 0 Å². The second kappa shape index (κ2) is 11.1. The molecule has 196 valence electrons. The molecular formula is C32H33NO5. The van der Waals surface area contributed by atoms with Crippen LogP contribution in [-0.4, -0.2) is 34.4 Å². The summed E-state index contributed by atoms with van der Waals surface area (Å²) in [6.45, 7) is 5.03. The van der Waals surface area contributed by atoms with Gasteiger partial charge in [0.05, 0.1) is 18.2 Å². The summed E-state index contributed by atoms with van der Waals surface area (Å²) in [7, 11) is 0. The fourth-order valence-electron chi connectivity index (χ4n) is 5.18. The lowest BCUT2D eigenvalue weighted by atomic mass is 9.94. The molecule has 3 aromatic carbocycles. The molecule has 2 atom stereocenters. The highest BCUT2D eigenvalue weighted by molar-refractivity contribution is 6.46.